The van der Waals surface area contributed by atoms with Gasteiger partial charge in [0.1, 0.15) is 5.82 Å². The topological polar surface area (TPSA) is 67.5 Å². The second kappa shape index (κ2) is 6.65. The molecule has 0 fully saturated rings. The number of amides is 1. The maximum atomic E-state index is 12.9. The first kappa shape index (κ1) is 16.5. The first-order valence-electron chi connectivity index (χ1n) is 7.62. The van der Waals surface area contributed by atoms with Crippen LogP contribution in [0, 0.1) is 5.82 Å². The standard InChI is InChI=1S/C18H18FN3OS/c1-18(10-11-24-17(20)22-18)13-4-2-12(3-5-13)16(23)21-15-8-6-14(19)7-9-15/h2-9H,10-11H2,1H3,(H2,20,22)(H,21,23). The third kappa shape index (κ3) is 3.59. The Kier molecular flexibility index (Phi) is 4.57. The first-order valence-corrected chi connectivity index (χ1v) is 8.60. The van der Waals surface area contributed by atoms with E-state index in [0.29, 0.717) is 16.4 Å². The molecule has 1 atom stereocenters. The number of hydrogen-bond donors (Lipinski definition) is 2. The van der Waals surface area contributed by atoms with Crippen LogP contribution < -0.4 is 11.1 Å². The summed E-state index contributed by atoms with van der Waals surface area (Å²) in [6.07, 6.45) is 0.902. The summed E-state index contributed by atoms with van der Waals surface area (Å²) in [5.41, 5.74) is 7.62. The number of thioether (sulfide) groups is 1. The molecule has 2 aromatic carbocycles. The van der Waals surface area contributed by atoms with Crippen molar-refractivity contribution in [3.63, 3.8) is 0 Å². The van der Waals surface area contributed by atoms with Crippen LogP contribution in [0.15, 0.2) is 53.5 Å². The molecule has 3 rings (SSSR count). The van der Waals surface area contributed by atoms with Crippen LogP contribution in [0.2, 0.25) is 0 Å². The summed E-state index contributed by atoms with van der Waals surface area (Å²) in [5, 5.41) is 3.34. The van der Waals surface area contributed by atoms with Crippen molar-refractivity contribution in [3.05, 3.63) is 65.5 Å². The average molecular weight is 343 g/mol. The molecule has 0 saturated heterocycles. The lowest BCUT2D eigenvalue weighted by Crippen LogP contribution is -2.28. The fourth-order valence-corrected chi connectivity index (χ4v) is 3.59. The van der Waals surface area contributed by atoms with Crippen molar-refractivity contribution in [1.29, 1.82) is 0 Å². The van der Waals surface area contributed by atoms with Gasteiger partial charge >= 0.3 is 0 Å². The van der Waals surface area contributed by atoms with Gasteiger partial charge in [-0.2, -0.15) is 0 Å². The maximum absolute atomic E-state index is 12.9. The van der Waals surface area contributed by atoms with Crippen LogP contribution in [-0.4, -0.2) is 16.8 Å². The molecule has 6 heteroatoms. The summed E-state index contributed by atoms with van der Waals surface area (Å²) in [6, 6.07) is 13.0. The molecule has 0 spiro atoms. The van der Waals surface area contributed by atoms with Gasteiger partial charge in [0, 0.05) is 17.0 Å². The lowest BCUT2D eigenvalue weighted by atomic mass is 9.89. The fourth-order valence-electron chi connectivity index (χ4n) is 2.61. The van der Waals surface area contributed by atoms with Crippen molar-refractivity contribution in [1.82, 2.24) is 0 Å². The van der Waals surface area contributed by atoms with E-state index in [0.717, 1.165) is 17.7 Å². The number of benzene rings is 2. The number of carbonyl (C=O) groups excluding carboxylic acids is 1. The van der Waals surface area contributed by atoms with Gasteiger partial charge in [0.05, 0.1) is 5.54 Å². The maximum Gasteiger partial charge on any atom is 0.255 e. The number of nitrogens with one attached hydrogen (secondary N) is 1. The number of nitrogens with zero attached hydrogens (tertiary/aromatic N) is 1. The van der Waals surface area contributed by atoms with Crippen molar-refractivity contribution in [3.8, 4) is 0 Å². The monoisotopic (exact) mass is 343 g/mol. The number of amidine groups is 1. The molecule has 0 aromatic heterocycles. The van der Waals surface area contributed by atoms with Gasteiger partial charge in [-0.3, -0.25) is 9.79 Å². The van der Waals surface area contributed by atoms with Crippen LogP contribution in [0.5, 0.6) is 0 Å². The molecule has 24 heavy (non-hydrogen) atoms. The highest BCUT2D eigenvalue weighted by Crippen LogP contribution is 2.34. The van der Waals surface area contributed by atoms with Crippen molar-refractivity contribution >= 4 is 28.5 Å². The lowest BCUT2D eigenvalue weighted by Gasteiger charge is -2.29. The second-order valence-corrected chi connectivity index (χ2v) is 6.98. The molecule has 1 aliphatic heterocycles. The molecular formula is C18H18FN3OS. The van der Waals surface area contributed by atoms with Gasteiger partial charge in [0.2, 0.25) is 0 Å². The lowest BCUT2D eigenvalue weighted by molar-refractivity contribution is 0.102. The molecule has 0 radical (unpaired) electrons. The van der Waals surface area contributed by atoms with Gasteiger partial charge in [-0.05, 0) is 55.3 Å². The predicted molar refractivity (Wildman–Crippen MR) is 96.8 cm³/mol. The fraction of sp³-hybridized carbons (Fsp3) is 0.222. The van der Waals surface area contributed by atoms with Gasteiger partial charge in [-0.15, -0.1) is 0 Å². The van der Waals surface area contributed by atoms with E-state index in [9.17, 15) is 9.18 Å². The third-order valence-corrected chi connectivity index (χ3v) is 4.86. The highest BCUT2D eigenvalue weighted by Gasteiger charge is 2.29. The summed E-state index contributed by atoms with van der Waals surface area (Å²) in [7, 11) is 0. The van der Waals surface area contributed by atoms with Crippen molar-refractivity contribution in [2.45, 2.75) is 18.9 Å². The van der Waals surface area contributed by atoms with E-state index in [-0.39, 0.29) is 17.3 Å². The molecule has 1 aliphatic rings. The molecule has 1 amide bonds. The summed E-state index contributed by atoms with van der Waals surface area (Å²) in [6.45, 7) is 2.05. The number of hydrogen-bond acceptors (Lipinski definition) is 4. The Balaban J connectivity index is 1.75. The number of carbonyl (C=O) groups is 1. The van der Waals surface area contributed by atoms with E-state index in [4.69, 9.17) is 5.73 Å². The molecule has 0 bridgehead atoms. The zero-order chi connectivity index (χ0) is 17.2. The number of nitrogens with two attached hydrogens (primary N) is 1. The number of halogens is 1. The molecule has 124 valence electrons. The van der Waals surface area contributed by atoms with E-state index in [1.54, 1.807) is 23.9 Å². The zero-order valence-corrected chi connectivity index (χ0v) is 14.1. The van der Waals surface area contributed by atoms with Crippen molar-refractivity contribution < 1.29 is 9.18 Å². The minimum Gasteiger partial charge on any atom is -0.379 e. The second-order valence-electron chi connectivity index (χ2n) is 5.86. The summed E-state index contributed by atoms with van der Waals surface area (Å²) < 4.78 is 12.9. The highest BCUT2D eigenvalue weighted by atomic mass is 32.2. The smallest absolute Gasteiger partial charge is 0.255 e. The van der Waals surface area contributed by atoms with Crippen molar-refractivity contribution in [2.75, 3.05) is 11.1 Å². The SMILES string of the molecule is CC1(c2ccc(C(=O)Nc3ccc(F)cc3)cc2)CCSC(N)=N1. The van der Waals surface area contributed by atoms with E-state index < -0.39 is 0 Å². The third-order valence-electron chi connectivity index (χ3n) is 4.07. The molecule has 0 saturated carbocycles. The largest absolute Gasteiger partial charge is 0.379 e. The van der Waals surface area contributed by atoms with E-state index in [1.807, 2.05) is 19.1 Å². The Labute approximate surface area is 144 Å². The van der Waals surface area contributed by atoms with Crippen LogP contribution in [-0.2, 0) is 5.54 Å². The Hall–Kier alpha value is -2.34. The Morgan fingerprint density at radius 1 is 1.21 bits per heavy atom. The van der Waals surface area contributed by atoms with Crippen LogP contribution >= 0.6 is 11.8 Å². The summed E-state index contributed by atoms with van der Waals surface area (Å²) >= 11 is 1.56. The molecular weight excluding hydrogens is 325 g/mol. The Bertz CT molecular complexity index is 774. The van der Waals surface area contributed by atoms with Gasteiger partial charge in [0.25, 0.3) is 5.91 Å². The normalized spacial score (nSPS) is 20.3. The predicted octanol–water partition coefficient (Wildman–Crippen LogP) is 3.74. The van der Waals surface area contributed by atoms with Gasteiger partial charge in [-0.1, -0.05) is 23.9 Å². The number of anilines is 1. The number of aliphatic imine (C=N–C) groups is 1. The molecule has 0 aliphatic carbocycles. The first-order chi connectivity index (χ1) is 11.5. The molecule has 3 N–H and O–H groups in total. The molecule has 1 unspecified atom stereocenters. The Morgan fingerprint density at radius 3 is 2.50 bits per heavy atom. The van der Waals surface area contributed by atoms with Crippen LogP contribution in [0.1, 0.15) is 29.3 Å². The van der Waals surface area contributed by atoms with Gasteiger partial charge < -0.3 is 11.1 Å². The average Bonchev–Trinajstić information content (AvgIpc) is 2.57. The van der Waals surface area contributed by atoms with Crippen LogP contribution in [0.4, 0.5) is 10.1 Å². The summed E-state index contributed by atoms with van der Waals surface area (Å²) in [5.74, 6) is 0.357. The quantitative estimate of drug-likeness (QED) is 0.892. The molecule has 2 aromatic rings. The van der Waals surface area contributed by atoms with Gasteiger partial charge in [-0.25, -0.2) is 4.39 Å². The number of rotatable bonds is 3. The zero-order valence-electron chi connectivity index (χ0n) is 13.3. The van der Waals surface area contributed by atoms with Crippen LogP contribution in [0.3, 0.4) is 0 Å². The van der Waals surface area contributed by atoms with E-state index in [2.05, 4.69) is 10.3 Å². The van der Waals surface area contributed by atoms with Gasteiger partial charge in [0.15, 0.2) is 5.17 Å². The minimum absolute atomic E-state index is 0.236. The summed E-state index contributed by atoms with van der Waals surface area (Å²) in [4.78, 5) is 16.8. The molecule has 1 heterocycles. The Morgan fingerprint density at radius 2 is 1.88 bits per heavy atom. The minimum atomic E-state index is -0.346. The van der Waals surface area contributed by atoms with Crippen LogP contribution in [0.25, 0.3) is 0 Å². The van der Waals surface area contributed by atoms with Crippen molar-refractivity contribution in [2.24, 2.45) is 10.7 Å². The van der Waals surface area contributed by atoms with E-state index >= 15 is 0 Å². The highest BCUT2D eigenvalue weighted by molar-refractivity contribution is 8.13. The van der Waals surface area contributed by atoms with E-state index in [1.165, 1.54) is 24.3 Å². The molecule has 4 nitrogen and oxygen atoms in total.